The van der Waals surface area contributed by atoms with Gasteiger partial charge in [-0.2, -0.15) is 0 Å². The average Bonchev–Trinajstić information content (AvgIpc) is 2.49. The van der Waals surface area contributed by atoms with Crippen LogP contribution in [0.25, 0.3) is 0 Å². The van der Waals surface area contributed by atoms with Gasteiger partial charge in [-0.25, -0.2) is 4.39 Å². The second-order valence-corrected chi connectivity index (χ2v) is 6.04. The van der Waals surface area contributed by atoms with E-state index in [2.05, 4.69) is 0 Å². The van der Waals surface area contributed by atoms with Crippen LogP contribution in [0.5, 0.6) is 0 Å². The van der Waals surface area contributed by atoms with E-state index in [-0.39, 0.29) is 11.7 Å². The van der Waals surface area contributed by atoms with Crippen LogP contribution in [0, 0.1) is 11.7 Å². The second kappa shape index (κ2) is 7.75. The first kappa shape index (κ1) is 15.5. The van der Waals surface area contributed by atoms with E-state index in [0.717, 1.165) is 24.3 Å². The molecule has 1 aromatic carbocycles. The minimum atomic E-state index is -0.424. The van der Waals surface area contributed by atoms with Gasteiger partial charge in [-0.15, -0.1) is 0 Å². The topological polar surface area (TPSA) is 46.2 Å². The Kier molecular flexibility index (Phi) is 5.99. The molecule has 0 amide bonds. The zero-order valence-electron chi connectivity index (χ0n) is 12.1. The van der Waals surface area contributed by atoms with Crippen molar-refractivity contribution in [2.24, 2.45) is 11.7 Å². The summed E-state index contributed by atoms with van der Waals surface area (Å²) in [5.74, 6) is 0.436. The monoisotopic (exact) mass is 279 g/mol. The molecule has 2 nitrogen and oxygen atoms in total. The fourth-order valence-corrected chi connectivity index (χ4v) is 3.31. The summed E-state index contributed by atoms with van der Waals surface area (Å²) < 4.78 is 13.0. The molecule has 0 saturated heterocycles. The molecule has 0 heterocycles. The standard InChI is InChI=1S/C17H26FNO/c18-15-9-7-14(8-10-15)16(12-19)17(20)11-6-13-4-2-1-3-5-13/h7-10,13,16-17,20H,1-6,11-12,19H2. The first-order valence-corrected chi connectivity index (χ1v) is 7.84. The Labute approximate surface area is 121 Å². The fourth-order valence-electron chi connectivity index (χ4n) is 3.31. The lowest BCUT2D eigenvalue weighted by Crippen LogP contribution is -2.26. The Balaban J connectivity index is 1.87. The number of aliphatic hydroxyl groups excluding tert-OH is 1. The normalized spacial score (nSPS) is 19.8. The van der Waals surface area contributed by atoms with Crippen molar-refractivity contribution in [3.8, 4) is 0 Å². The van der Waals surface area contributed by atoms with Crippen LogP contribution in [0.3, 0.4) is 0 Å². The largest absolute Gasteiger partial charge is 0.392 e. The molecule has 1 aromatic rings. The highest BCUT2D eigenvalue weighted by Crippen LogP contribution is 2.30. The molecular formula is C17H26FNO. The Morgan fingerprint density at radius 1 is 1.15 bits per heavy atom. The summed E-state index contributed by atoms with van der Waals surface area (Å²) in [4.78, 5) is 0. The van der Waals surface area contributed by atoms with Crippen LogP contribution in [0.15, 0.2) is 24.3 Å². The summed E-state index contributed by atoms with van der Waals surface area (Å²) in [6.45, 7) is 0.400. The van der Waals surface area contributed by atoms with Gasteiger partial charge < -0.3 is 10.8 Å². The molecule has 20 heavy (non-hydrogen) atoms. The van der Waals surface area contributed by atoms with Crippen molar-refractivity contribution in [3.05, 3.63) is 35.6 Å². The van der Waals surface area contributed by atoms with E-state index >= 15 is 0 Å². The number of hydrogen-bond acceptors (Lipinski definition) is 2. The summed E-state index contributed by atoms with van der Waals surface area (Å²) in [6.07, 6.45) is 8.08. The first-order valence-electron chi connectivity index (χ1n) is 7.84. The molecule has 0 spiro atoms. The Morgan fingerprint density at radius 2 is 1.80 bits per heavy atom. The van der Waals surface area contributed by atoms with Gasteiger partial charge in [0.1, 0.15) is 5.82 Å². The number of benzene rings is 1. The van der Waals surface area contributed by atoms with Crippen molar-refractivity contribution in [1.29, 1.82) is 0 Å². The molecule has 2 rings (SSSR count). The van der Waals surface area contributed by atoms with Crippen LogP contribution in [-0.4, -0.2) is 17.8 Å². The van der Waals surface area contributed by atoms with Crippen LogP contribution in [0.4, 0.5) is 4.39 Å². The molecule has 3 N–H and O–H groups in total. The lowest BCUT2D eigenvalue weighted by molar-refractivity contribution is 0.123. The number of rotatable bonds is 6. The van der Waals surface area contributed by atoms with Crippen molar-refractivity contribution >= 4 is 0 Å². The lowest BCUT2D eigenvalue weighted by Gasteiger charge is -2.26. The molecule has 3 heteroatoms. The van der Waals surface area contributed by atoms with Gasteiger partial charge in [-0.1, -0.05) is 44.2 Å². The molecular weight excluding hydrogens is 253 g/mol. The molecule has 2 unspecified atom stereocenters. The highest BCUT2D eigenvalue weighted by Gasteiger charge is 2.22. The van der Waals surface area contributed by atoms with Gasteiger partial charge in [0, 0.05) is 12.5 Å². The molecule has 0 radical (unpaired) electrons. The van der Waals surface area contributed by atoms with E-state index in [1.165, 1.54) is 44.2 Å². The zero-order chi connectivity index (χ0) is 14.4. The van der Waals surface area contributed by atoms with Gasteiger partial charge in [0.15, 0.2) is 0 Å². The molecule has 112 valence electrons. The molecule has 1 aliphatic carbocycles. The van der Waals surface area contributed by atoms with Crippen LogP contribution in [0.1, 0.15) is 56.4 Å². The summed E-state index contributed by atoms with van der Waals surface area (Å²) >= 11 is 0. The fraction of sp³-hybridized carbons (Fsp3) is 0.647. The van der Waals surface area contributed by atoms with Gasteiger partial charge in [-0.05, 0) is 36.5 Å². The predicted molar refractivity (Wildman–Crippen MR) is 80.0 cm³/mol. The van der Waals surface area contributed by atoms with E-state index in [4.69, 9.17) is 5.73 Å². The van der Waals surface area contributed by atoms with Gasteiger partial charge in [0.25, 0.3) is 0 Å². The Morgan fingerprint density at radius 3 is 2.40 bits per heavy atom. The molecule has 2 atom stereocenters. The minimum absolute atomic E-state index is 0.0841. The van der Waals surface area contributed by atoms with Crippen LogP contribution in [-0.2, 0) is 0 Å². The third-order valence-electron chi connectivity index (χ3n) is 4.61. The second-order valence-electron chi connectivity index (χ2n) is 6.04. The first-order chi connectivity index (χ1) is 9.70. The number of nitrogens with two attached hydrogens (primary N) is 1. The molecule has 0 bridgehead atoms. The van der Waals surface area contributed by atoms with Crippen LogP contribution in [0.2, 0.25) is 0 Å². The maximum absolute atomic E-state index is 13.0. The predicted octanol–water partition coefficient (Wildman–Crippen LogP) is 3.59. The van der Waals surface area contributed by atoms with Gasteiger partial charge in [-0.3, -0.25) is 0 Å². The van der Waals surface area contributed by atoms with Gasteiger partial charge in [0.2, 0.25) is 0 Å². The summed E-state index contributed by atoms with van der Waals surface area (Å²) in [6, 6.07) is 6.34. The molecule has 1 aliphatic rings. The maximum atomic E-state index is 13.0. The van der Waals surface area contributed by atoms with Crippen molar-refractivity contribution in [3.63, 3.8) is 0 Å². The van der Waals surface area contributed by atoms with Crippen molar-refractivity contribution in [1.82, 2.24) is 0 Å². The SMILES string of the molecule is NCC(c1ccc(F)cc1)C(O)CCC1CCCCC1. The van der Waals surface area contributed by atoms with Crippen LogP contribution < -0.4 is 5.73 Å². The number of aliphatic hydroxyl groups is 1. The highest BCUT2D eigenvalue weighted by molar-refractivity contribution is 5.22. The van der Waals surface area contributed by atoms with Crippen molar-refractivity contribution in [2.75, 3.05) is 6.54 Å². The Hall–Kier alpha value is -0.930. The average molecular weight is 279 g/mol. The van der Waals surface area contributed by atoms with Crippen molar-refractivity contribution in [2.45, 2.75) is 57.0 Å². The minimum Gasteiger partial charge on any atom is -0.392 e. The van der Waals surface area contributed by atoms with Crippen molar-refractivity contribution < 1.29 is 9.50 Å². The highest BCUT2D eigenvalue weighted by atomic mass is 19.1. The number of hydrogen-bond donors (Lipinski definition) is 2. The lowest BCUT2D eigenvalue weighted by atomic mass is 9.83. The summed E-state index contributed by atoms with van der Waals surface area (Å²) in [7, 11) is 0. The quantitative estimate of drug-likeness (QED) is 0.836. The summed E-state index contributed by atoms with van der Waals surface area (Å²) in [5, 5.41) is 10.4. The third kappa shape index (κ3) is 4.29. The van der Waals surface area contributed by atoms with E-state index in [9.17, 15) is 9.50 Å². The van der Waals surface area contributed by atoms with E-state index in [0.29, 0.717) is 6.54 Å². The number of halogens is 1. The van der Waals surface area contributed by atoms with E-state index in [1.807, 2.05) is 0 Å². The smallest absolute Gasteiger partial charge is 0.123 e. The van der Waals surface area contributed by atoms with Crippen LogP contribution >= 0.6 is 0 Å². The van der Waals surface area contributed by atoms with Gasteiger partial charge >= 0.3 is 0 Å². The third-order valence-corrected chi connectivity index (χ3v) is 4.61. The Bertz CT molecular complexity index is 386. The summed E-state index contributed by atoms with van der Waals surface area (Å²) in [5.41, 5.74) is 6.73. The molecule has 0 aliphatic heterocycles. The van der Waals surface area contributed by atoms with E-state index in [1.54, 1.807) is 12.1 Å². The van der Waals surface area contributed by atoms with Gasteiger partial charge in [0.05, 0.1) is 6.10 Å². The molecule has 1 fully saturated rings. The van der Waals surface area contributed by atoms with E-state index < -0.39 is 6.10 Å². The zero-order valence-corrected chi connectivity index (χ0v) is 12.1. The maximum Gasteiger partial charge on any atom is 0.123 e. The molecule has 0 aromatic heterocycles. The molecule has 1 saturated carbocycles.